The molecule has 160 valence electrons. The number of hydrogen-bond donors (Lipinski definition) is 2. The maximum atomic E-state index is 12.7. The molecule has 0 spiro atoms. The Bertz CT molecular complexity index is 749. The number of nitrogens with zero attached hydrogens (tertiary/aromatic N) is 1. The van der Waals surface area contributed by atoms with Crippen molar-refractivity contribution < 1.29 is 19.4 Å². The van der Waals surface area contributed by atoms with E-state index in [1.165, 1.54) is 6.92 Å². The van der Waals surface area contributed by atoms with Gasteiger partial charge in [-0.2, -0.15) is 0 Å². The molecule has 0 heterocycles. The van der Waals surface area contributed by atoms with E-state index >= 15 is 0 Å². The Balaban J connectivity index is 2.06. The van der Waals surface area contributed by atoms with Crippen molar-refractivity contribution in [2.45, 2.75) is 77.0 Å². The molecule has 1 aliphatic rings. The highest BCUT2D eigenvalue weighted by atomic mass is 16.5. The number of ether oxygens (including phenoxy) is 1. The molecule has 3 unspecified atom stereocenters. The third-order valence-electron chi connectivity index (χ3n) is 5.57. The van der Waals surface area contributed by atoms with E-state index in [2.05, 4.69) is 10.5 Å². The summed E-state index contributed by atoms with van der Waals surface area (Å²) in [5.41, 5.74) is 0.221. The molecule has 3 atom stereocenters. The first-order valence-corrected chi connectivity index (χ1v) is 10.3. The Hall–Kier alpha value is -2.12. The second-order valence-corrected chi connectivity index (χ2v) is 8.15. The molecule has 1 aromatic carbocycles. The van der Waals surface area contributed by atoms with Gasteiger partial charge < -0.3 is 15.2 Å². The lowest BCUT2D eigenvalue weighted by Crippen LogP contribution is -2.41. The van der Waals surface area contributed by atoms with E-state index in [1.54, 1.807) is 6.92 Å². The van der Waals surface area contributed by atoms with Crippen LogP contribution in [0.25, 0.3) is 0 Å². The molecule has 1 aromatic rings. The predicted molar refractivity (Wildman–Crippen MR) is 111 cm³/mol. The number of aliphatic hydroxyl groups excluding tert-OH is 1. The van der Waals surface area contributed by atoms with Crippen LogP contribution in [-0.2, 0) is 16.0 Å². The third-order valence-corrected chi connectivity index (χ3v) is 5.57. The van der Waals surface area contributed by atoms with Crippen LogP contribution >= 0.6 is 0 Å². The molecule has 0 saturated carbocycles. The smallest absolute Gasteiger partial charge is 0.215 e. The fourth-order valence-electron chi connectivity index (χ4n) is 3.69. The van der Waals surface area contributed by atoms with Crippen LogP contribution in [0.1, 0.15) is 64.0 Å². The highest BCUT2D eigenvalue weighted by Crippen LogP contribution is 2.41. The molecule has 0 bridgehead atoms. The van der Waals surface area contributed by atoms with Crippen LogP contribution in [0.3, 0.4) is 0 Å². The maximum absolute atomic E-state index is 12.7. The van der Waals surface area contributed by atoms with Gasteiger partial charge in [0.15, 0.2) is 11.6 Å². The lowest BCUT2D eigenvalue weighted by Gasteiger charge is -2.20. The summed E-state index contributed by atoms with van der Waals surface area (Å²) in [5, 5.41) is 16.1. The Kier molecular flexibility index (Phi) is 8.05. The summed E-state index contributed by atoms with van der Waals surface area (Å²) >= 11 is 0. The van der Waals surface area contributed by atoms with Crippen molar-refractivity contribution in [2.24, 2.45) is 5.18 Å². The van der Waals surface area contributed by atoms with Crippen molar-refractivity contribution in [1.82, 2.24) is 5.32 Å². The fraction of sp³-hybridized carbons (Fsp3) is 0.636. The lowest BCUT2D eigenvalue weighted by atomic mass is 9.84. The first-order chi connectivity index (χ1) is 13.7. The summed E-state index contributed by atoms with van der Waals surface area (Å²) in [6.07, 6.45) is 1.07. The first kappa shape index (κ1) is 23.2. The second-order valence-electron chi connectivity index (χ2n) is 8.15. The van der Waals surface area contributed by atoms with Crippen molar-refractivity contribution in [3.63, 3.8) is 0 Å². The highest BCUT2D eigenvalue weighted by molar-refractivity contribution is 6.11. The zero-order valence-corrected chi connectivity index (χ0v) is 17.7. The van der Waals surface area contributed by atoms with Gasteiger partial charge in [0, 0.05) is 25.4 Å². The molecule has 2 rings (SSSR count). The molecule has 0 aromatic heterocycles. The van der Waals surface area contributed by atoms with Gasteiger partial charge in [-0.25, -0.2) is 0 Å². The van der Waals surface area contributed by atoms with Crippen LogP contribution in [0.5, 0.6) is 5.75 Å². The molecule has 0 aliphatic heterocycles. The molecular weight excluding hydrogens is 372 g/mol. The average molecular weight is 405 g/mol. The van der Waals surface area contributed by atoms with Crippen molar-refractivity contribution in [2.75, 3.05) is 13.2 Å². The minimum Gasteiger partial charge on any atom is -0.491 e. The maximum Gasteiger partial charge on any atom is 0.215 e. The van der Waals surface area contributed by atoms with E-state index in [9.17, 15) is 19.6 Å². The quantitative estimate of drug-likeness (QED) is 0.410. The molecule has 2 N–H and O–H groups in total. The molecule has 0 fully saturated rings. The van der Waals surface area contributed by atoms with Crippen molar-refractivity contribution >= 4 is 11.6 Å². The number of nitrogens with one attached hydrogen (secondary N) is 1. The molecule has 29 heavy (non-hydrogen) atoms. The summed E-state index contributed by atoms with van der Waals surface area (Å²) in [7, 11) is 0. The number of Topliss-reactive ketones (excluding diaryl/α,β-unsaturated/α-hetero) is 2. The van der Waals surface area contributed by atoms with E-state index in [-0.39, 0.29) is 31.4 Å². The number of carbonyl (C=O) groups is 2. The number of aliphatic hydroxyl groups is 1. The van der Waals surface area contributed by atoms with Gasteiger partial charge in [0.25, 0.3) is 0 Å². The molecule has 7 heteroatoms. The van der Waals surface area contributed by atoms with E-state index in [0.29, 0.717) is 12.3 Å². The summed E-state index contributed by atoms with van der Waals surface area (Å²) in [6, 6.07) is 5.97. The molecule has 0 radical (unpaired) electrons. The zero-order valence-electron chi connectivity index (χ0n) is 17.7. The minimum absolute atomic E-state index is 0.0701. The van der Waals surface area contributed by atoms with Crippen LogP contribution < -0.4 is 10.1 Å². The molecule has 0 amide bonds. The topological polar surface area (TPSA) is 105 Å². The highest BCUT2D eigenvalue weighted by Gasteiger charge is 2.43. The monoisotopic (exact) mass is 404 g/mol. The van der Waals surface area contributed by atoms with Crippen molar-refractivity contribution in [1.29, 1.82) is 0 Å². The van der Waals surface area contributed by atoms with Crippen LogP contribution in [-0.4, -0.2) is 47.5 Å². The number of benzene rings is 1. The number of nitroso groups, excluding NO2 is 1. The Morgan fingerprint density at radius 2 is 2.07 bits per heavy atom. The largest absolute Gasteiger partial charge is 0.491 e. The zero-order chi connectivity index (χ0) is 21.6. The standard InChI is InChI=1S/C22H32N2O5/c1-5-20(26)22(4,24-28)21(27)11-15-9-10-18-17(15)7-6-8-19(18)29-13-16(25)12-23-14(2)3/h6-8,14-16,23,25H,5,9-13H2,1-4H3. The Morgan fingerprint density at radius 3 is 2.69 bits per heavy atom. The lowest BCUT2D eigenvalue weighted by molar-refractivity contribution is -0.133. The van der Waals surface area contributed by atoms with Crippen LogP contribution in [0.15, 0.2) is 23.4 Å². The second kappa shape index (κ2) is 10.1. The third kappa shape index (κ3) is 5.48. The Labute approximate surface area is 172 Å². The van der Waals surface area contributed by atoms with Gasteiger partial charge in [0.05, 0.1) is 0 Å². The average Bonchev–Trinajstić information content (AvgIpc) is 3.12. The van der Waals surface area contributed by atoms with Gasteiger partial charge in [-0.05, 0) is 48.1 Å². The van der Waals surface area contributed by atoms with E-state index in [1.807, 2.05) is 32.0 Å². The van der Waals surface area contributed by atoms with Crippen LogP contribution in [0.2, 0.25) is 0 Å². The van der Waals surface area contributed by atoms with Gasteiger partial charge >= 0.3 is 0 Å². The van der Waals surface area contributed by atoms with Gasteiger partial charge in [0.1, 0.15) is 18.5 Å². The van der Waals surface area contributed by atoms with E-state index < -0.39 is 23.2 Å². The van der Waals surface area contributed by atoms with Gasteiger partial charge in [0.2, 0.25) is 5.54 Å². The fourth-order valence-corrected chi connectivity index (χ4v) is 3.69. The summed E-state index contributed by atoms with van der Waals surface area (Å²) in [5.74, 6) is -0.239. The van der Waals surface area contributed by atoms with E-state index in [4.69, 9.17) is 4.74 Å². The van der Waals surface area contributed by atoms with E-state index in [0.717, 1.165) is 24.0 Å². The first-order valence-electron chi connectivity index (χ1n) is 10.3. The molecule has 0 saturated heterocycles. The molecule has 1 aliphatic carbocycles. The van der Waals surface area contributed by atoms with Crippen molar-refractivity contribution in [3.8, 4) is 5.75 Å². The molecule has 7 nitrogen and oxygen atoms in total. The van der Waals surface area contributed by atoms with Gasteiger partial charge in [-0.3, -0.25) is 9.59 Å². The SMILES string of the molecule is CCC(=O)C(C)(N=O)C(=O)CC1CCc2c(OCC(O)CNC(C)C)cccc21. The predicted octanol–water partition coefficient (Wildman–Crippen LogP) is 2.92. The number of fused-ring (bicyclic) bond motifs is 1. The number of hydrogen-bond acceptors (Lipinski definition) is 7. The van der Waals surface area contributed by atoms with Gasteiger partial charge in [-0.15, -0.1) is 4.91 Å². The summed E-state index contributed by atoms with van der Waals surface area (Å²) < 4.78 is 5.84. The normalized spacial score (nSPS) is 18.8. The van der Waals surface area contributed by atoms with Crippen LogP contribution in [0.4, 0.5) is 0 Å². The van der Waals surface area contributed by atoms with Gasteiger partial charge in [-0.1, -0.05) is 32.9 Å². The summed E-state index contributed by atoms with van der Waals surface area (Å²) in [4.78, 5) is 36.0. The number of rotatable bonds is 12. The van der Waals surface area contributed by atoms with Crippen LogP contribution in [0, 0.1) is 4.91 Å². The molecular formula is C22H32N2O5. The summed E-state index contributed by atoms with van der Waals surface area (Å²) in [6.45, 7) is 7.59. The minimum atomic E-state index is -1.81. The number of ketones is 2. The Morgan fingerprint density at radius 1 is 1.34 bits per heavy atom. The van der Waals surface area contributed by atoms with Crippen molar-refractivity contribution in [3.05, 3.63) is 34.2 Å². The number of carbonyl (C=O) groups excluding carboxylic acids is 2.